The van der Waals surface area contributed by atoms with Gasteiger partial charge in [0, 0.05) is 13.1 Å². The minimum absolute atomic E-state index is 0.206. The predicted molar refractivity (Wildman–Crippen MR) is 60.2 cm³/mol. The Bertz CT molecular complexity index is 281. The van der Waals surface area contributed by atoms with Gasteiger partial charge >= 0.3 is 0 Å². The highest BCUT2D eigenvalue weighted by atomic mass is 32.2. The van der Waals surface area contributed by atoms with Crippen molar-refractivity contribution < 1.29 is 13.2 Å². The molecule has 0 bridgehead atoms. The summed E-state index contributed by atoms with van der Waals surface area (Å²) in [6.07, 6.45) is 0. The maximum atomic E-state index is 12.0. The first-order valence-corrected chi connectivity index (χ1v) is 7.10. The molecule has 0 aliphatic carbocycles. The average Bonchev–Trinajstić information content (AvgIpc) is 2.18. The molecule has 1 aliphatic heterocycles. The SMILES string of the molecule is CC(C)C(C)CS(=O)(=O)N1CCOCC1. The van der Waals surface area contributed by atoms with Gasteiger partial charge in [-0.2, -0.15) is 4.31 Å². The fourth-order valence-corrected chi connectivity index (χ4v) is 3.42. The molecule has 0 aromatic heterocycles. The van der Waals surface area contributed by atoms with Crippen LogP contribution in [0.2, 0.25) is 0 Å². The number of nitrogens with zero attached hydrogens (tertiary/aromatic N) is 1. The van der Waals surface area contributed by atoms with E-state index in [9.17, 15) is 8.42 Å². The summed E-state index contributed by atoms with van der Waals surface area (Å²) in [5, 5.41) is 0. The van der Waals surface area contributed by atoms with E-state index in [-0.39, 0.29) is 11.7 Å². The van der Waals surface area contributed by atoms with Gasteiger partial charge in [0.25, 0.3) is 0 Å². The van der Waals surface area contributed by atoms with E-state index in [1.807, 2.05) is 6.92 Å². The molecule has 0 spiro atoms. The lowest BCUT2D eigenvalue weighted by molar-refractivity contribution is 0.0728. The highest BCUT2D eigenvalue weighted by Crippen LogP contribution is 2.15. The third-order valence-electron chi connectivity index (χ3n) is 2.98. The molecular weight excluding hydrogens is 214 g/mol. The van der Waals surface area contributed by atoms with E-state index in [2.05, 4.69) is 13.8 Å². The van der Waals surface area contributed by atoms with Crippen LogP contribution in [0.5, 0.6) is 0 Å². The normalized spacial score (nSPS) is 21.9. The average molecular weight is 235 g/mol. The van der Waals surface area contributed by atoms with Gasteiger partial charge in [-0.1, -0.05) is 20.8 Å². The Balaban J connectivity index is 2.57. The fourth-order valence-electron chi connectivity index (χ4n) is 1.45. The van der Waals surface area contributed by atoms with Gasteiger partial charge in [0.1, 0.15) is 0 Å². The molecule has 0 saturated carbocycles. The van der Waals surface area contributed by atoms with E-state index >= 15 is 0 Å². The van der Waals surface area contributed by atoms with Crippen LogP contribution in [0.3, 0.4) is 0 Å². The zero-order valence-electron chi connectivity index (χ0n) is 9.77. The maximum Gasteiger partial charge on any atom is 0.214 e. The molecule has 0 N–H and O–H groups in total. The zero-order valence-corrected chi connectivity index (χ0v) is 10.6. The van der Waals surface area contributed by atoms with Gasteiger partial charge in [0.2, 0.25) is 10.0 Å². The first-order chi connectivity index (χ1) is 6.93. The molecule has 15 heavy (non-hydrogen) atoms. The molecule has 1 heterocycles. The third-order valence-corrected chi connectivity index (χ3v) is 5.07. The van der Waals surface area contributed by atoms with Gasteiger partial charge in [0.15, 0.2) is 0 Å². The van der Waals surface area contributed by atoms with Gasteiger partial charge < -0.3 is 4.74 Å². The smallest absolute Gasteiger partial charge is 0.214 e. The van der Waals surface area contributed by atoms with Crippen molar-refractivity contribution in [3.05, 3.63) is 0 Å². The Kier molecular flexibility index (Phi) is 4.55. The lowest BCUT2D eigenvalue weighted by Crippen LogP contribution is -2.43. The van der Waals surface area contributed by atoms with Gasteiger partial charge in [0.05, 0.1) is 19.0 Å². The topological polar surface area (TPSA) is 46.6 Å². The number of morpholine rings is 1. The summed E-state index contributed by atoms with van der Waals surface area (Å²) >= 11 is 0. The van der Waals surface area contributed by atoms with Crippen molar-refractivity contribution in [2.45, 2.75) is 20.8 Å². The van der Waals surface area contributed by atoms with E-state index in [0.717, 1.165) is 0 Å². The van der Waals surface area contributed by atoms with Crippen molar-refractivity contribution in [1.29, 1.82) is 0 Å². The van der Waals surface area contributed by atoms with Crippen molar-refractivity contribution >= 4 is 10.0 Å². The second-order valence-electron chi connectivity index (χ2n) is 4.51. The molecule has 0 amide bonds. The molecule has 1 rings (SSSR count). The molecule has 0 aromatic carbocycles. The van der Waals surface area contributed by atoms with Gasteiger partial charge in [-0.15, -0.1) is 0 Å². The highest BCUT2D eigenvalue weighted by Gasteiger charge is 2.26. The molecule has 1 saturated heterocycles. The summed E-state index contributed by atoms with van der Waals surface area (Å²) in [5.41, 5.74) is 0. The van der Waals surface area contributed by atoms with E-state index in [4.69, 9.17) is 4.74 Å². The van der Waals surface area contributed by atoms with Gasteiger partial charge in [-0.05, 0) is 11.8 Å². The number of sulfonamides is 1. The molecule has 1 aliphatic rings. The Hall–Kier alpha value is -0.130. The van der Waals surface area contributed by atoms with Crippen LogP contribution in [-0.2, 0) is 14.8 Å². The third kappa shape index (κ3) is 3.74. The highest BCUT2D eigenvalue weighted by molar-refractivity contribution is 7.89. The Morgan fingerprint density at radius 2 is 1.73 bits per heavy atom. The standard InChI is InChI=1S/C10H21NO3S/c1-9(2)10(3)8-15(12,13)11-4-6-14-7-5-11/h9-10H,4-8H2,1-3H3. The largest absolute Gasteiger partial charge is 0.379 e. The molecule has 1 fully saturated rings. The molecular formula is C10H21NO3S. The minimum Gasteiger partial charge on any atom is -0.379 e. The van der Waals surface area contributed by atoms with Crippen LogP contribution >= 0.6 is 0 Å². The van der Waals surface area contributed by atoms with Crippen molar-refractivity contribution in [2.75, 3.05) is 32.1 Å². The molecule has 1 atom stereocenters. The van der Waals surface area contributed by atoms with Crippen molar-refractivity contribution in [3.63, 3.8) is 0 Å². The van der Waals surface area contributed by atoms with Gasteiger partial charge in [-0.25, -0.2) is 8.42 Å². The first kappa shape index (κ1) is 12.9. The fraction of sp³-hybridized carbons (Fsp3) is 1.00. The number of ether oxygens (including phenoxy) is 1. The quantitative estimate of drug-likeness (QED) is 0.728. The molecule has 1 unspecified atom stereocenters. The van der Waals surface area contributed by atoms with Crippen LogP contribution in [0.4, 0.5) is 0 Å². The van der Waals surface area contributed by atoms with Gasteiger partial charge in [-0.3, -0.25) is 0 Å². The Morgan fingerprint density at radius 3 is 2.20 bits per heavy atom. The van der Waals surface area contributed by atoms with E-state index in [1.165, 1.54) is 0 Å². The number of rotatable bonds is 4. The lowest BCUT2D eigenvalue weighted by Gasteiger charge is -2.28. The minimum atomic E-state index is -3.07. The van der Waals surface area contributed by atoms with E-state index in [1.54, 1.807) is 4.31 Å². The maximum absolute atomic E-state index is 12.0. The molecule has 5 heteroatoms. The molecule has 0 radical (unpaired) electrons. The Morgan fingerprint density at radius 1 is 1.20 bits per heavy atom. The van der Waals surface area contributed by atoms with Crippen molar-refractivity contribution in [1.82, 2.24) is 4.31 Å². The summed E-state index contributed by atoms with van der Waals surface area (Å²) in [6.45, 7) is 8.16. The van der Waals surface area contributed by atoms with E-state index in [0.29, 0.717) is 32.2 Å². The molecule has 0 aromatic rings. The predicted octanol–water partition coefficient (Wildman–Crippen LogP) is 0.941. The van der Waals surface area contributed by atoms with Crippen LogP contribution in [0, 0.1) is 11.8 Å². The van der Waals surface area contributed by atoms with Crippen molar-refractivity contribution in [2.24, 2.45) is 11.8 Å². The van der Waals surface area contributed by atoms with Crippen LogP contribution in [-0.4, -0.2) is 44.8 Å². The summed E-state index contributed by atoms with van der Waals surface area (Å²) in [4.78, 5) is 0. The molecule has 90 valence electrons. The summed E-state index contributed by atoms with van der Waals surface area (Å²) in [5.74, 6) is 0.865. The van der Waals surface area contributed by atoms with Crippen molar-refractivity contribution in [3.8, 4) is 0 Å². The summed E-state index contributed by atoms with van der Waals surface area (Å²) in [7, 11) is -3.07. The number of hydrogen-bond donors (Lipinski definition) is 0. The second kappa shape index (κ2) is 5.27. The second-order valence-corrected chi connectivity index (χ2v) is 6.52. The van der Waals surface area contributed by atoms with Crippen LogP contribution in [0.15, 0.2) is 0 Å². The summed E-state index contributed by atoms with van der Waals surface area (Å²) < 4.78 is 30.6. The molecule has 4 nitrogen and oxygen atoms in total. The van der Waals surface area contributed by atoms with Crippen LogP contribution in [0.1, 0.15) is 20.8 Å². The van der Waals surface area contributed by atoms with E-state index < -0.39 is 10.0 Å². The Labute approximate surface area is 92.7 Å². The monoisotopic (exact) mass is 235 g/mol. The first-order valence-electron chi connectivity index (χ1n) is 5.49. The number of hydrogen-bond acceptors (Lipinski definition) is 3. The summed E-state index contributed by atoms with van der Waals surface area (Å²) in [6, 6.07) is 0. The zero-order chi connectivity index (χ0) is 11.5. The van der Waals surface area contributed by atoms with Crippen LogP contribution < -0.4 is 0 Å². The van der Waals surface area contributed by atoms with Crippen LogP contribution in [0.25, 0.3) is 0 Å². The lowest BCUT2D eigenvalue weighted by atomic mass is 10.0.